The number of aryl methyl sites for hydroxylation is 1. The van der Waals surface area contributed by atoms with Crippen LogP contribution < -0.4 is 15.2 Å². The molecule has 2 aromatic carbocycles. The summed E-state index contributed by atoms with van der Waals surface area (Å²) in [6.45, 7) is 3.37. The van der Waals surface area contributed by atoms with E-state index in [0.717, 1.165) is 11.1 Å². The van der Waals surface area contributed by atoms with E-state index in [1.807, 2.05) is 42.5 Å². The van der Waals surface area contributed by atoms with E-state index in [-0.39, 0.29) is 24.4 Å². The summed E-state index contributed by atoms with van der Waals surface area (Å²) in [6, 6.07) is 14.7. The van der Waals surface area contributed by atoms with Gasteiger partial charge in [-0.25, -0.2) is 0 Å². The molecule has 0 aromatic heterocycles. The van der Waals surface area contributed by atoms with Crippen LogP contribution in [0.2, 0.25) is 0 Å². The SMILES string of the molecule is CO/N=C(\COc1cccc(COc2ccc(CCC(=O)O)cc2)c1)C(C(C)=O)=C(C)N. The Morgan fingerprint density at radius 1 is 1.00 bits per heavy atom. The third-order valence-corrected chi connectivity index (χ3v) is 4.47. The summed E-state index contributed by atoms with van der Waals surface area (Å²) in [4.78, 5) is 27.4. The number of rotatable bonds is 12. The molecule has 2 rings (SSSR count). The van der Waals surface area contributed by atoms with E-state index in [1.165, 1.54) is 14.0 Å². The van der Waals surface area contributed by atoms with Crippen LogP contribution in [-0.2, 0) is 27.5 Å². The maximum absolute atomic E-state index is 11.9. The number of Topliss-reactive ketones (excluding diaryl/α,β-unsaturated/α-hetero) is 1. The van der Waals surface area contributed by atoms with E-state index in [4.69, 9.17) is 25.2 Å². The largest absolute Gasteiger partial charge is 0.489 e. The third kappa shape index (κ3) is 7.79. The molecule has 0 spiro atoms. The van der Waals surface area contributed by atoms with Crippen LogP contribution >= 0.6 is 0 Å². The summed E-state index contributed by atoms with van der Waals surface area (Å²) in [5.74, 6) is 0.219. The minimum absolute atomic E-state index is 0.0133. The molecular weight excluding hydrogens is 412 g/mol. The van der Waals surface area contributed by atoms with E-state index >= 15 is 0 Å². The second kappa shape index (κ2) is 12.1. The van der Waals surface area contributed by atoms with E-state index < -0.39 is 5.97 Å². The zero-order valence-electron chi connectivity index (χ0n) is 18.5. The Hall–Kier alpha value is -3.81. The highest BCUT2D eigenvalue weighted by Gasteiger charge is 2.16. The van der Waals surface area contributed by atoms with Crippen LogP contribution in [-0.4, -0.2) is 36.3 Å². The molecule has 0 amide bonds. The van der Waals surface area contributed by atoms with Gasteiger partial charge in [0.2, 0.25) is 0 Å². The molecule has 8 heteroatoms. The molecule has 0 fully saturated rings. The summed E-state index contributed by atoms with van der Waals surface area (Å²) in [5, 5.41) is 12.6. The minimum Gasteiger partial charge on any atom is -0.489 e. The van der Waals surface area contributed by atoms with Crippen molar-refractivity contribution in [2.75, 3.05) is 13.7 Å². The van der Waals surface area contributed by atoms with Crippen molar-refractivity contribution in [3.8, 4) is 11.5 Å². The number of oxime groups is 1. The van der Waals surface area contributed by atoms with Gasteiger partial charge in [-0.15, -0.1) is 0 Å². The molecule has 0 bridgehead atoms. The molecule has 2 aromatic rings. The number of carboxylic acids is 1. The normalized spacial score (nSPS) is 12.0. The molecule has 0 aliphatic carbocycles. The second-order valence-corrected chi connectivity index (χ2v) is 7.10. The number of carbonyl (C=O) groups excluding carboxylic acids is 1. The molecule has 8 nitrogen and oxygen atoms in total. The van der Waals surface area contributed by atoms with Gasteiger partial charge in [-0.1, -0.05) is 29.4 Å². The van der Waals surface area contributed by atoms with E-state index in [2.05, 4.69) is 5.16 Å². The molecular formula is C24H28N2O6. The Labute approximate surface area is 187 Å². The number of carboxylic acid groups (broad SMARTS) is 1. The van der Waals surface area contributed by atoms with Gasteiger partial charge in [0.1, 0.15) is 37.5 Å². The van der Waals surface area contributed by atoms with Crippen LogP contribution in [0.25, 0.3) is 0 Å². The van der Waals surface area contributed by atoms with Crippen LogP contribution in [0.3, 0.4) is 0 Å². The summed E-state index contributed by atoms with van der Waals surface area (Å²) >= 11 is 0. The highest BCUT2D eigenvalue weighted by atomic mass is 16.6. The first kappa shape index (κ1) is 24.5. The molecule has 170 valence electrons. The van der Waals surface area contributed by atoms with Gasteiger partial charge < -0.3 is 25.2 Å². The molecule has 0 saturated heterocycles. The maximum Gasteiger partial charge on any atom is 0.303 e. The summed E-state index contributed by atoms with van der Waals surface area (Å²) in [7, 11) is 1.39. The first-order chi connectivity index (χ1) is 15.3. The number of allylic oxidation sites excluding steroid dienone is 1. The van der Waals surface area contributed by atoms with Crippen molar-refractivity contribution in [3.63, 3.8) is 0 Å². The van der Waals surface area contributed by atoms with Gasteiger partial charge in [0.15, 0.2) is 5.78 Å². The van der Waals surface area contributed by atoms with Gasteiger partial charge in [0, 0.05) is 12.1 Å². The predicted octanol–water partition coefficient (Wildman–Crippen LogP) is 3.49. The van der Waals surface area contributed by atoms with Crippen molar-refractivity contribution in [2.24, 2.45) is 10.9 Å². The summed E-state index contributed by atoms with van der Waals surface area (Å²) < 4.78 is 11.6. The van der Waals surface area contributed by atoms with Gasteiger partial charge in [-0.3, -0.25) is 9.59 Å². The fourth-order valence-electron chi connectivity index (χ4n) is 3.01. The number of aliphatic carboxylic acids is 1. The van der Waals surface area contributed by atoms with Crippen molar-refractivity contribution in [1.82, 2.24) is 0 Å². The molecule has 0 atom stereocenters. The number of ketones is 1. The zero-order chi connectivity index (χ0) is 23.5. The first-order valence-corrected chi connectivity index (χ1v) is 10.0. The highest BCUT2D eigenvalue weighted by molar-refractivity contribution is 6.22. The Morgan fingerprint density at radius 2 is 1.72 bits per heavy atom. The summed E-state index contributed by atoms with van der Waals surface area (Å²) in [6.07, 6.45) is 0.575. The molecule has 0 radical (unpaired) electrons. The zero-order valence-corrected chi connectivity index (χ0v) is 18.5. The number of nitrogens with two attached hydrogens (primary N) is 1. The van der Waals surface area contributed by atoms with Crippen LogP contribution in [0.5, 0.6) is 11.5 Å². The molecule has 3 N–H and O–H groups in total. The lowest BCUT2D eigenvalue weighted by molar-refractivity contribution is -0.137. The van der Waals surface area contributed by atoms with Gasteiger partial charge >= 0.3 is 5.97 Å². The van der Waals surface area contributed by atoms with E-state index in [0.29, 0.717) is 35.9 Å². The molecule has 32 heavy (non-hydrogen) atoms. The standard InChI is InChI=1S/C24H28N2O6/c1-16(25)24(17(2)27)22(26-30-3)15-32-21-6-4-5-19(13-21)14-31-20-10-7-18(8-11-20)9-12-23(28)29/h4-8,10-11,13H,9,12,14-15,25H2,1-3H3,(H,28,29)/b24-16?,26-22+. The van der Waals surface area contributed by atoms with E-state index in [1.54, 1.807) is 13.0 Å². The quantitative estimate of drug-likeness (QED) is 0.294. The molecule has 0 saturated carbocycles. The number of carbonyl (C=O) groups is 2. The molecule has 0 aliphatic heterocycles. The van der Waals surface area contributed by atoms with Gasteiger partial charge in [0.05, 0.1) is 5.57 Å². The van der Waals surface area contributed by atoms with Crippen molar-refractivity contribution in [1.29, 1.82) is 0 Å². The lowest BCUT2D eigenvalue weighted by Gasteiger charge is -2.12. The van der Waals surface area contributed by atoms with Crippen LogP contribution in [0.4, 0.5) is 0 Å². The Kier molecular flexibility index (Phi) is 9.28. The van der Waals surface area contributed by atoms with Crippen molar-refractivity contribution in [3.05, 3.63) is 70.9 Å². The van der Waals surface area contributed by atoms with Gasteiger partial charge in [-0.2, -0.15) is 0 Å². The average molecular weight is 440 g/mol. The first-order valence-electron chi connectivity index (χ1n) is 10.0. The fraction of sp³-hybridized carbons (Fsp3) is 0.292. The topological polar surface area (TPSA) is 120 Å². The number of nitrogens with zero attached hydrogens (tertiary/aromatic N) is 1. The van der Waals surface area contributed by atoms with E-state index in [9.17, 15) is 9.59 Å². The number of hydrogen-bond donors (Lipinski definition) is 2. The van der Waals surface area contributed by atoms with Crippen molar-refractivity contribution < 1.29 is 29.0 Å². The lowest BCUT2D eigenvalue weighted by atomic mass is 10.1. The van der Waals surface area contributed by atoms with Crippen LogP contribution in [0, 0.1) is 0 Å². The number of ether oxygens (including phenoxy) is 2. The smallest absolute Gasteiger partial charge is 0.303 e. The van der Waals surface area contributed by atoms with Crippen molar-refractivity contribution >= 4 is 17.5 Å². The molecule has 0 unspecified atom stereocenters. The number of benzene rings is 2. The Bertz CT molecular complexity index is 992. The van der Waals surface area contributed by atoms with Gasteiger partial charge in [0.25, 0.3) is 0 Å². The highest BCUT2D eigenvalue weighted by Crippen LogP contribution is 2.18. The minimum atomic E-state index is -0.820. The molecule has 0 aliphatic rings. The average Bonchev–Trinajstić information content (AvgIpc) is 2.75. The second-order valence-electron chi connectivity index (χ2n) is 7.10. The Balaban J connectivity index is 1.98. The molecule has 0 heterocycles. The number of hydrogen-bond acceptors (Lipinski definition) is 7. The third-order valence-electron chi connectivity index (χ3n) is 4.47. The maximum atomic E-state index is 11.9. The monoisotopic (exact) mass is 440 g/mol. The van der Waals surface area contributed by atoms with Gasteiger partial charge in [-0.05, 0) is 55.7 Å². The Morgan fingerprint density at radius 3 is 2.31 bits per heavy atom. The predicted molar refractivity (Wildman–Crippen MR) is 121 cm³/mol. The van der Waals surface area contributed by atoms with Crippen LogP contribution in [0.1, 0.15) is 31.4 Å². The van der Waals surface area contributed by atoms with Crippen molar-refractivity contribution in [2.45, 2.75) is 33.3 Å². The van der Waals surface area contributed by atoms with Crippen LogP contribution in [0.15, 0.2) is 65.0 Å². The fourth-order valence-corrected chi connectivity index (χ4v) is 3.01. The summed E-state index contributed by atoms with van der Waals surface area (Å²) in [5.41, 5.74) is 8.58. The lowest BCUT2D eigenvalue weighted by Crippen LogP contribution is -2.22.